The van der Waals surface area contributed by atoms with Crippen LogP contribution in [0.5, 0.6) is 5.75 Å². The van der Waals surface area contributed by atoms with Crippen molar-refractivity contribution in [3.63, 3.8) is 0 Å². The molecule has 2 aromatic rings. The topological polar surface area (TPSA) is 79.5 Å². The number of hydrogen-bond acceptors (Lipinski definition) is 4. The number of benzene rings is 2. The molecule has 28 heavy (non-hydrogen) atoms. The Morgan fingerprint density at radius 1 is 1.04 bits per heavy atom. The van der Waals surface area contributed by atoms with Gasteiger partial charge in [-0.3, -0.25) is 14.9 Å². The Balaban J connectivity index is 1.84. The van der Waals surface area contributed by atoms with Crippen LogP contribution in [0, 0.1) is 0 Å². The van der Waals surface area contributed by atoms with E-state index in [1.807, 2.05) is 31.2 Å². The second-order valence-electron chi connectivity index (χ2n) is 6.15. The molecule has 6 nitrogen and oxygen atoms in total. The van der Waals surface area contributed by atoms with Gasteiger partial charge >= 0.3 is 0 Å². The number of rotatable bonds is 8. The maximum atomic E-state index is 12.3. The summed E-state index contributed by atoms with van der Waals surface area (Å²) in [6.07, 6.45) is 2.04. The highest BCUT2D eigenvalue weighted by molar-refractivity contribution is 7.80. The second-order valence-corrected chi connectivity index (χ2v) is 6.56. The minimum atomic E-state index is -0.290. The number of carbonyl (C=O) groups is 2. The van der Waals surface area contributed by atoms with Gasteiger partial charge in [0.25, 0.3) is 5.91 Å². The Bertz CT molecular complexity index is 805. The standard InChI is InChI=1S/C21H25N3O3S/c1-3-14-27-18-11-7-16(8-12-18)20(26)24-21(28)23-17-9-4-15(5-10-17)6-13-19(25)22-2/h4-5,7-12H,3,6,13-14H2,1-2H3,(H,22,25)(H2,23,24,26,28). The van der Waals surface area contributed by atoms with Crippen LogP contribution >= 0.6 is 12.2 Å². The summed E-state index contributed by atoms with van der Waals surface area (Å²) in [5.41, 5.74) is 2.31. The van der Waals surface area contributed by atoms with Crippen molar-refractivity contribution >= 4 is 34.8 Å². The minimum Gasteiger partial charge on any atom is -0.494 e. The molecule has 2 amide bonds. The number of nitrogens with one attached hydrogen (secondary N) is 3. The number of aryl methyl sites for hydroxylation is 1. The lowest BCUT2D eigenvalue weighted by atomic mass is 10.1. The summed E-state index contributed by atoms with van der Waals surface area (Å²) < 4.78 is 5.50. The fourth-order valence-corrected chi connectivity index (χ4v) is 2.61. The quantitative estimate of drug-likeness (QED) is 0.594. The number of carbonyl (C=O) groups excluding carboxylic acids is 2. The monoisotopic (exact) mass is 399 g/mol. The van der Waals surface area contributed by atoms with Gasteiger partial charge in [-0.25, -0.2) is 0 Å². The van der Waals surface area contributed by atoms with Crippen LogP contribution in [0.3, 0.4) is 0 Å². The molecule has 0 fully saturated rings. The van der Waals surface area contributed by atoms with Gasteiger partial charge in [0.2, 0.25) is 5.91 Å². The first-order valence-corrected chi connectivity index (χ1v) is 9.57. The Kier molecular flexibility index (Phi) is 8.42. The Labute approximate surface area is 170 Å². The van der Waals surface area contributed by atoms with Crippen molar-refractivity contribution in [2.24, 2.45) is 0 Å². The van der Waals surface area contributed by atoms with E-state index in [1.54, 1.807) is 31.3 Å². The van der Waals surface area contributed by atoms with Crippen molar-refractivity contribution in [3.8, 4) is 5.75 Å². The molecule has 0 saturated carbocycles. The number of amides is 2. The summed E-state index contributed by atoms with van der Waals surface area (Å²) in [6, 6.07) is 14.5. The lowest BCUT2D eigenvalue weighted by Gasteiger charge is -2.11. The van der Waals surface area contributed by atoms with Gasteiger partial charge in [-0.2, -0.15) is 0 Å². The van der Waals surface area contributed by atoms with Crippen LogP contribution in [-0.2, 0) is 11.2 Å². The SMILES string of the molecule is CCCOc1ccc(C(=O)NC(=S)Nc2ccc(CCC(=O)NC)cc2)cc1. The highest BCUT2D eigenvalue weighted by Gasteiger charge is 2.08. The van der Waals surface area contributed by atoms with Crippen LogP contribution in [0.4, 0.5) is 5.69 Å². The summed E-state index contributed by atoms with van der Waals surface area (Å²) in [7, 11) is 1.62. The molecule has 0 unspecified atom stereocenters. The van der Waals surface area contributed by atoms with Gasteiger partial charge < -0.3 is 15.4 Å². The molecule has 0 radical (unpaired) electrons. The number of thiocarbonyl (C=S) groups is 1. The van der Waals surface area contributed by atoms with Crippen molar-refractivity contribution < 1.29 is 14.3 Å². The van der Waals surface area contributed by atoms with Crippen molar-refractivity contribution in [1.82, 2.24) is 10.6 Å². The maximum Gasteiger partial charge on any atom is 0.257 e. The fourth-order valence-electron chi connectivity index (χ4n) is 2.40. The maximum absolute atomic E-state index is 12.3. The van der Waals surface area contributed by atoms with E-state index in [0.29, 0.717) is 25.0 Å². The van der Waals surface area contributed by atoms with Crippen LogP contribution in [-0.4, -0.2) is 30.6 Å². The lowest BCUT2D eigenvalue weighted by molar-refractivity contribution is -0.120. The molecule has 3 N–H and O–H groups in total. The zero-order valence-corrected chi connectivity index (χ0v) is 16.9. The predicted molar refractivity (Wildman–Crippen MR) is 115 cm³/mol. The zero-order chi connectivity index (χ0) is 20.4. The summed E-state index contributed by atoms with van der Waals surface area (Å²) in [6.45, 7) is 2.68. The Morgan fingerprint density at radius 2 is 1.71 bits per heavy atom. The number of hydrogen-bond donors (Lipinski definition) is 3. The molecule has 0 aliphatic carbocycles. The smallest absolute Gasteiger partial charge is 0.257 e. The van der Waals surface area contributed by atoms with E-state index >= 15 is 0 Å². The summed E-state index contributed by atoms with van der Waals surface area (Å²) in [5, 5.41) is 8.46. The molecule has 0 bridgehead atoms. The molecule has 0 aliphatic rings. The molecular weight excluding hydrogens is 374 g/mol. The molecule has 148 valence electrons. The third-order valence-corrected chi connectivity index (χ3v) is 4.15. The highest BCUT2D eigenvalue weighted by Crippen LogP contribution is 2.13. The normalized spacial score (nSPS) is 10.1. The number of anilines is 1. The first-order valence-electron chi connectivity index (χ1n) is 9.16. The van der Waals surface area contributed by atoms with Gasteiger partial charge in [-0.15, -0.1) is 0 Å². The predicted octanol–water partition coefficient (Wildman–Crippen LogP) is 3.28. The Morgan fingerprint density at radius 3 is 2.32 bits per heavy atom. The van der Waals surface area contributed by atoms with E-state index in [-0.39, 0.29) is 16.9 Å². The Hall–Kier alpha value is -2.93. The third-order valence-electron chi connectivity index (χ3n) is 3.95. The van der Waals surface area contributed by atoms with Crippen LogP contribution in [0.1, 0.15) is 35.7 Å². The third kappa shape index (κ3) is 7.00. The molecule has 2 aromatic carbocycles. The molecule has 0 heterocycles. The molecular formula is C21H25N3O3S. The number of ether oxygens (including phenoxy) is 1. The van der Waals surface area contributed by atoms with Gasteiger partial charge in [0.15, 0.2) is 5.11 Å². The zero-order valence-electron chi connectivity index (χ0n) is 16.1. The molecule has 0 saturated heterocycles. The van der Waals surface area contributed by atoms with Crippen LogP contribution in [0.25, 0.3) is 0 Å². The minimum absolute atomic E-state index is 0.0102. The average Bonchev–Trinajstić information content (AvgIpc) is 2.71. The van der Waals surface area contributed by atoms with E-state index in [1.165, 1.54) is 0 Å². The van der Waals surface area contributed by atoms with Crippen molar-refractivity contribution in [3.05, 3.63) is 59.7 Å². The van der Waals surface area contributed by atoms with Crippen LogP contribution in [0.15, 0.2) is 48.5 Å². The molecule has 7 heteroatoms. The lowest BCUT2D eigenvalue weighted by Crippen LogP contribution is -2.34. The molecule has 0 spiro atoms. The van der Waals surface area contributed by atoms with Gasteiger partial charge in [0.1, 0.15) is 5.75 Å². The molecule has 2 rings (SSSR count). The largest absolute Gasteiger partial charge is 0.494 e. The summed E-state index contributed by atoms with van der Waals surface area (Å²) >= 11 is 5.21. The van der Waals surface area contributed by atoms with Gasteiger partial charge in [0.05, 0.1) is 6.61 Å². The van der Waals surface area contributed by atoms with E-state index < -0.39 is 0 Å². The van der Waals surface area contributed by atoms with E-state index in [9.17, 15) is 9.59 Å². The fraction of sp³-hybridized carbons (Fsp3) is 0.286. The molecule has 0 atom stereocenters. The van der Waals surface area contributed by atoms with Crippen molar-refractivity contribution in [2.45, 2.75) is 26.2 Å². The average molecular weight is 400 g/mol. The molecule has 0 aromatic heterocycles. The van der Waals surface area contributed by atoms with Crippen molar-refractivity contribution in [2.75, 3.05) is 19.0 Å². The second kappa shape index (κ2) is 11.0. The molecule has 0 aliphatic heterocycles. The van der Waals surface area contributed by atoms with Gasteiger partial charge in [-0.1, -0.05) is 19.1 Å². The first kappa shape index (κ1) is 21.4. The van der Waals surface area contributed by atoms with Gasteiger partial charge in [-0.05, 0) is 67.0 Å². The summed E-state index contributed by atoms with van der Waals surface area (Å²) in [5.74, 6) is 0.452. The summed E-state index contributed by atoms with van der Waals surface area (Å²) in [4.78, 5) is 23.6. The highest BCUT2D eigenvalue weighted by atomic mass is 32.1. The van der Waals surface area contributed by atoms with Crippen LogP contribution in [0.2, 0.25) is 0 Å². The first-order chi connectivity index (χ1) is 13.5. The van der Waals surface area contributed by atoms with Crippen LogP contribution < -0.4 is 20.7 Å². The van der Waals surface area contributed by atoms with Crippen molar-refractivity contribution in [1.29, 1.82) is 0 Å². The van der Waals surface area contributed by atoms with Gasteiger partial charge in [0, 0.05) is 24.7 Å². The van der Waals surface area contributed by atoms with E-state index in [2.05, 4.69) is 16.0 Å². The van der Waals surface area contributed by atoms with E-state index in [0.717, 1.165) is 23.4 Å². The van der Waals surface area contributed by atoms with E-state index in [4.69, 9.17) is 17.0 Å².